The average molecular weight is 768 g/mol. The highest BCUT2D eigenvalue weighted by molar-refractivity contribution is 5.84. The topological polar surface area (TPSA) is 227 Å². The van der Waals surface area contributed by atoms with Crippen LogP contribution in [-0.2, 0) is 81.4 Å². The summed E-state index contributed by atoms with van der Waals surface area (Å²) in [5.74, 6) is -3.14. The fourth-order valence-corrected chi connectivity index (χ4v) is 6.32. The molecule has 0 aliphatic carbocycles. The molecule has 18 nitrogen and oxygen atoms in total. The van der Waals surface area contributed by atoms with Crippen molar-refractivity contribution in [1.29, 1.82) is 5.41 Å². The molecule has 4 heterocycles. The van der Waals surface area contributed by atoms with Crippen LogP contribution in [0.4, 0.5) is 9.59 Å². The molecule has 3 aromatic rings. The number of ether oxygens (including phenoxy) is 9. The minimum absolute atomic E-state index is 0.137. The van der Waals surface area contributed by atoms with Gasteiger partial charge in [0.1, 0.15) is 31.4 Å². The molecule has 0 bridgehead atoms. The Kier molecular flexibility index (Phi) is 13.2. The first-order chi connectivity index (χ1) is 26.2. The Labute approximate surface area is 314 Å². The molecule has 2 aliphatic rings. The first-order valence-electron chi connectivity index (χ1n) is 17.4. The number of rotatable bonds is 13. The Morgan fingerprint density at radius 3 is 2.20 bits per heavy atom. The van der Waals surface area contributed by atoms with Crippen molar-refractivity contribution >= 4 is 47.1 Å². The smallest absolute Gasteiger partial charge is 0.463 e. The molecule has 0 radical (unpaired) electrons. The van der Waals surface area contributed by atoms with E-state index in [0.717, 1.165) is 67.5 Å². The molecule has 1 N–H and O–H groups in total. The zero-order valence-corrected chi connectivity index (χ0v) is 30.8. The minimum atomic E-state index is -1.51. The van der Waals surface area contributed by atoms with Crippen LogP contribution in [0.3, 0.4) is 0 Å². The standard InChI is InChI=1S/C37H41N3O15/c1-6-9-23-15-28-30-25(14-24-10-7-8-11-27(24)39-30)16-40(28)34(38)26(23)17-50-37(46)55-36(45)48-13-12-47-35-33(53-22(5)44)32(52-21(4)43)31(51-20(3)42)29(54-35)18-49-19(2)41/h7-8,10-11,14-15,29,31-33,35,38H,6,9,12-13,16-18H2,1-5H3/t29?,31-,32?,33-,35?/m1/s1. The van der Waals surface area contributed by atoms with Crippen molar-refractivity contribution in [2.75, 3.05) is 19.8 Å². The van der Waals surface area contributed by atoms with Gasteiger partial charge in [0.2, 0.25) is 0 Å². The van der Waals surface area contributed by atoms with E-state index in [1.165, 1.54) is 0 Å². The molecule has 0 saturated carbocycles. The number of fused-ring (bicyclic) bond motifs is 4. The zero-order chi connectivity index (χ0) is 39.8. The van der Waals surface area contributed by atoms with Gasteiger partial charge in [-0.05, 0) is 30.2 Å². The van der Waals surface area contributed by atoms with Gasteiger partial charge in [-0.25, -0.2) is 14.6 Å². The van der Waals surface area contributed by atoms with Gasteiger partial charge in [0, 0.05) is 44.2 Å². The number of pyridine rings is 2. The van der Waals surface area contributed by atoms with Crippen molar-refractivity contribution in [3.63, 3.8) is 0 Å². The summed E-state index contributed by atoms with van der Waals surface area (Å²) < 4.78 is 49.0. The van der Waals surface area contributed by atoms with Gasteiger partial charge in [0.15, 0.2) is 24.6 Å². The Morgan fingerprint density at radius 2 is 1.51 bits per heavy atom. The van der Waals surface area contributed by atoms with Crippen molar-refractivity contribution in [2.45, 2.75) is 91.3 Å². The number of aryl methyl sites for hydroxylation is 1. The summed E-state index contributed by atoms with van der Waals surface area (Å²) in [7, 11) is 0. The summed E-state index contributed by atoms with van der Waals surface area (Å²) in [5.41, 5.74) is 4.76. The van der Waals surface area contributed by atoms with Gasteiger partial charge in [0.05, 0.1) is 30.1 Å². The van der Waals surface area contributed by atoms with E-state index >= 15 is 0 Å². The number of hydrogen-bond donors (Lipinski definition) is 1. The van der Waals surface area contributed by atoms with Crippen LogP contribution in [0.1, 0.15) is 57.7 Å². The number of benzene rings is 1. The number of esters is 4. The number of carbonyl (C=O) groups is 6. The highest BCUT2D eigenvalue weighted by atomic mass is 16.8. The van der Waals surface area contributed by atoms with Crippen LogP contribution in [0.25, 0.3) is 22.3 Å². The molecule has 18 heteroatoms. The Bertz CT molecular complexity index is 2030. The predicted molar refractivity (Wildman–Crippen MR) is 185 cm³/mol. The second-order valence-corrected chi connectivity index (χ2v) is 12.6. The second kappa shape index (κ2) is 18.0. The third-order valence-electron chi connectivity index (χ3n) is 8.47. The van der Waals surface area contributed by atoms with Gasteiger partial charge in [0.25, 0.3) is 0 Å². The number of nitrogens with one attached hydrogen (secondary N) is 1. The van der Waals surface area contributed by atoms with Crippen molar-refractivity contribution < 1.29 is 71.4 Å². The normalized spacial score (nSPS) is 19.7. The maximum Gasteiger partial charge on any atom is 0.518 e. The molecule has 1 fully saturated rings. The molecule has 2 aliphatic heterocycles. The van der Waals surface area contributed by atoms with Crippen LogP contribution >= 0.6 is 0 Å². The number of aromatic nitrogens is 2. The summed E-state index contributed by atoms with van der Waals surface area (Å²) >= 11 is 0. The van der Waals surface area contributed by atoms with E-state index in [-0.39, 0.29) is 12.1 Å². The van der Waals surface area contributed by atoms with E-state index in [1.807, 2.05) is 37.3 Å². The van der Waals surface area contributed by atoms with Gasteiger partial charge in [-0.1, -0.05) is 31.5 Å². The molecule has 5 rings (SSSR count). The van der Waals surface area contributed by atoms with Gasteiger partial charge in [-0.15, -0.1) is 0 Å². The minimum Gasteiger partial charge on any atom is -0.463 e. The monoisotopic (exact) mass is 767 g/mol. The van der Waals surface area contributed by atoms with E-state index in [1.54, 1.807) is 4.57 Å². The molecular formula is C37H41N3O15. The summed E-state index contributed by atoms with van der Waals surface area (Å²) in [6.45, 7) is 5.01. The summed E-state index contributed by atoms with van der Waals surface area (Å²) in [6.07, 6.45) is -8.51. The molecule has 2 aromatic heterocycles. The molecule has 55 heavy (non-hydrogen) atoms. The Hall–Kier alpha value is -5.88. The van der Waals surface area contributed by atoms with E-state index in [4.69, 9.17) is 48.3 Å². The lowest BCUT2D eigenvalue weighted by molar-refractivity contribution is -0.308. The van der Waals surface area contributed by atoms with Gasteiger partial charge < -0.3 is 47.2 Å². The lowest BCUT2D eigenvalue weighted by Gasteiger charge is -2.44. The summed E-state index contributed by atoms with van der Waals surface area (Å²) in [5, 5.41) is 9.96. The van der Waals surface area contributed by atoms with Crippen molar-refractivity contribution in [2.24, 2.45) is 0 Å². The summed E-state index contributed by atoms with van der Waals surface area (Å²) in [4.78, 5) is 77.1. The number of para-hydroxylation sites is 1. The third kappa shape index (κ3) is 10.0. The number of nitrogens with zero attached hydrogens (tertiary/aromatic N) is 2. The van der Waals surface area contributed by atoms with E-state index in [0.29, 0.717) is 18.5 Å². The van der Waals surface area contributed by atoms with E-state index < -0.39 is 86.7 Å². The number of carbonyl (C=O) groups excluding carboxylic acids is 6. The number of hydrogen-bond acceptors (Lipinski definition) is 17. The molecule has 1 aromatic carbocycles. The second-order valence-electron chi connectivity index (χ2n) is 12.6. The van der Waals surface area contributed by atoms with Gasteiger partial charge in [-0.2, -0.15) is 0 Å². The van der Waals surface area contributed by atoms with Crippen LogP contribution in [0, 0.1) is 5.41 Å². The van der Waals surface area contributed by atoms with Crippen LogP contribution in [0.2, 0.25) is 0 Å². The van der Waals surface area contributed by atoms with Crippen LogP contribution in [-0.4, -0.2) is 96.3 Å². The van der Waals surface area contributed by atoms with Gasteiger partial charge in [-0.3, -0.25) is 24.6 Å². The Morgan fingerprint density at radius 1 is 0.836 bits per heavy atom. The maximum absolute atomic E-state index is 12.5. The molecule has 5 atom stereocenters. The predicted octanol–water partition coefficient (Wildman–Crippen LogP) is 3.39. The maximum atomic E-state index is 12.5. The van der Waals surface area contributed by atoms with Crippen molar-refractivity contribution in [3.8, 4) is 11.4 Å². The highest BCUT2D eigenvalue weighted by Crippen LogP contribution is 2.33. The molecule has 294 valence electrons. The zero-order valence-electron chi connectivity index (χ0n) is 30.8. The van der Waals surface area contributed by atoms with Crippen LogP contribution in [0.5, 0.6) is 0 Å². The fourth-order valence-electron chi connectivity index (χ4n) is 6.32. The molecule has 0 amide bonds. The summed E-state index contributed by atoms with van der Waals surface area (Å²) in [6, 6.07) is 11.8. The largest absolute Gasteiger partial charge is 0.518 e. The molecular weight excluding hydrogens is 726 g/mol. The van der Waals surface area contributed by atoms with Crippen LogP contribution in [0.15, 0.2) is 36.4 Å². The lowest BCUT2D eigenvalue weighted by atomic mass is 9.98. The Balaban J connectivity index is 1.19. The highest BCUT2D eigenvalue weighted by Gasteiger charge is 2.52. The van der Waals surface area contributed by atoms with E-state index in [9.17, 15) is 28.8 Å². The first kappa shape index (κ1) is 40.3. The van der Waals surface area contributed by atoms with Crippen molar-refractivity contribution in [3.05, 3.63) is 58.6 Å². The molecule has 0 spiro atoms. The quantitative estimate of drug-likeness (QED) is 0.0890. The average Bonchev–Trinajstić information content (AvgIpc) is 3.47. The third-order valence-corrected chi connectivity index (χ3v) is 8.47. The van der Waals surface area contributed by atoms with Crippen LogP contribution < -0.4 is 5.49 Å². The van der Waals surface area contributed by atoms with Crippen molar-refractivity contribution in [1.82, 2.24) is 9.55 Å². The first-order valence-corrected chi connectivity index (χ1v) is 17.4. The van der Waals surface area contributed by atoms with E-state index in [2.05, 4.69) is 10.8 Å². The SMILES string of the molecule is CCCc1cc2n(c(=N)c1COC(=O)OC(=O)OCCOC1OC(COC(C)=O)[C@@H](OC(C)=O)C(OC(C)=O)[C@H]1OC(C)=O)Cc1cc3ccccc3nc1-2. The fraction of sp³-hybridized carbons (Fsp3) is 0.459. The molecule has 3 unspecified atom stereocenters. The molecule has 1 saturated heterocycles. The lowest BCUT2D eigenvalue weighted by Crippen LogP contribution is -2.63. The van der Waals surface area contributed by atoms with Gasteiger partial charge >= 0.3 is 36.2 Å².